The van der Waals surface area contributed by atoms with E-state index in [0.29, 0.717) is 17.3 Å². The van der Waals surface area contributed by atoms with Crippen molar-refractivity contribution in [2.45, 2.75) is 37.1 Å². The van der Waals surface area contributed by atoms with Gasteiger partial charge in [-0.05, 0) is 37.5 Å². The normalized spacial score (nSPS) is 16.2. The molecule has 0 heterocycles. The fourth-order valence-corrected chi connectivity index (χ4v) is 3.83. The Balaban J connectivity index is 2.36. The van der Waals surface area contributed by atoms with Crippen molar-refractivity contribution in [3.8, 4) is 0 Å². The van der Waals surface area contributed by atoms with Crippen molar-refractivity contribution < 1.29 is 8.42 Å². The van der Waals surface area contributed by atoms with Gasteiger partial charge in [0.1, 0.15) is 0 Å². The Morgan fingerprint density at radius 1 is 1.44 bits per heavy atom. The van der Waals surface area contributed by atoms with Crippen LogP contribution in [0.25, 0.3) is 0 Å². The molecule has 0 unspecified atom stereocenters. The van der Waals surface area contributed by atoms with E-state index in [1.165, 1.54) is 18.2 Å². The van der Waals surface area contributed by atoms with Gasteiger partial charge < -0.3 is 5.73 Å². The van der Waals surface area contributed by atoms with Gasteiger partial charge in [0.25, 0.3) is 0 Å². The molecule has 1 saturated carbocycles. The van der Waals surface area contributed by atoms with E-state index in [2.05, 4.69) is 0 Å². The van der Waals surface area contributed by atoms with Crippen LogP contribution < -0.4 is 5.73 Å². The van der Waals surface area contributed by atoms with Gasteiger partial charge in [0.15, 0.2) is 0 Å². The molecule has 2 rings (SSSR count). The first kappa shape index (κ1) is 13.6. The van der Waals surface area contributed by atoms with Crippen LogP contribution in [0.5, 0.6) is 0 Å². The molecular formula is C12H17ClN2O2S. The van der Waals surface area contributed by atoms with Crippen LogP contribution in [0.2, 0.25) is 5.02 Å². The van der Waals surface area contributed by atoms with Crippen LogP contribution in [0.3, 0.4) is 0 Å². The quantitative estimate of drug-likeness (QED) is 0.847. The van der Waals surface area contributed by atoms with Crippen molar-refractivity contribution in [2.75, 3.05) is 12.3 Å². The van der Waals surface area contributed by atoms with Crippen LogP contribution in [0.1, 0.15) is 26.2 Å². The van der Waals surface area contributed by atoms with Gasteiger partial charge in [-0.25, -0.2) is 8.42 Å². The average molecular weight is 289 g/mol. The Bertz CT molecular complexity index is 541. The average Bonchev–Trinajstić information content (AvgIpc) is 3.13. The second kappa shape index (κ2) is 5.07. The molecule has 0 aromatic heterocycles. The number of halogens is 1. The van der Waals surface area contributed by atoms with Gasteiger partial charge in [-0.1, -0.05) is 18.5 Å². The Hall–Kier alpha value is -0.780. The van der Waals surface area contributed by atoms with Crippen LogP contribution in [-0.4, -0.2) is 25.3 Å². The Labute approximate surface area is 113 Å². The molecule has 18 heavy (non-hydrogen) atoms. The predicted octanol–water partition coefficient (Wildman–Crippen LogP) is 2.49. The molecule has 100 valence electrons. The van der Waals surface area contributed by atoms with Crippen LogP contribution in [0, 0.1) is 0 Å². The van der Waals surface area contributed by atoms with E-state index in [9.17, 15) is 8.42 Å². The third-order valence-corrected chi connectivity index (χ3v) is 5.26. The highest BCUT2D eigenvalue weighted by molar-refractivity contribution is 7.89. The lowest BCUT2D eigenvalue weighted by atomic mass is 10.3. The van der Waals surface area contributed by atoms with Crippen molar-refractivity contribution in [3.05, 3.63) is 23.2 Å². The zero-order valence-electron chi connectivity index (χ0n) is 10.3. The van der Waals surface area contributed by atoms with Gasteiger partial charge in [-0.15, -0.1) is 0 Å². The van der Waals surface area contributed by atoms with Gasteiger partial charge in [0, 0.05) is 12.6 Å². The maximum atomic E-state index is 12.5. The Kier molecular flexibility index (Phi) is 3.84. The minimum absolute atomic E-state index is 0.159. The summed E-state index contributed by atoms with van der Waals surface area (Å²) in [4.78, 5) is 0.227. The van der Waals surface area contributed by atoms with Gasteiger partial charge in [0.05, 0.1) is 15.6 Å². The van der Waals surface area contributed by atoms with Gasteiger partial charge in [-0.3, -0.25) is 0 Å². The van der Waals surface area contributed by atoms with E-state index in [-0.39, 0.29) is 10.9 Å². The van der Waals surface area contributed by atoms with Crippen LogP contribution >= 0.6 is 11.6 Å². The van der Waals surface area contributed by atoms with E-state index in [1.54, 1.807) is 4.31 Å². The smallest absolute Gasteiger partial charge is 0.243 e. The lowest BCUT2D eigenvalue weighted by Gasteiger charge is -2.21. The van der Waals surface area contributed by atoms with Crippen LogP contribution in [-0.2, 0) is 10.0 Å². The zero-order valence-corrected chi connectivity index (χ0v) is 11.8. The number of nitrogen functional groups attached to an aromatic ring is 1. The number of anilines is 1. The molecule has 0 saturated heterocycles. The maximum absolute atomic E-state index is 12.5. The van der Waals surface area contributed by atoms with E-state index < -0.39 is 10.0 Å². The first-order valence-corrected chi connectivity index (χ1v) is 7.85. The van der Waals surface area contributed by atoms with Gasteiger partial charge >= 0.3 is 0 Å². The number of hydrogen-bond acceptors (Lipinski definition) is 3. The zero-order chi connectivity index (χ0) is 13.3. The van der Waals surface area contributed by atoms with Gasteiger partial charge in [0.2, 0.25) is 10.0 Å². The summed E-state index contributed by atoms with van der Waals surface area (Å²) in [7, 11) is -3.44. The van der Waals surface area contributed by atoms with Gasteiger partial charge in [-0.2, -0.15) is 4.31 Å². The molecular weight excluding hydrogens is 272 g/mol. The Morgan fingerprint density at radius 3 is 2.61 bits per heavy atom. The monoisotopic (exact) mass is 288 g/mol. The second-order valence-electron chi connectivity index (χ2n) is 4.53. The SMILES string of the molecule is CCCN(C1CC1)S(=O)(=O)c1ccc(Cl)c(N)c1. The molecule has 4 nitrogen and oxygen atoms in total. The second-order valence-corrected chi connectivity index (χ2v) is 6.83. The van der Waals surface area contributed by atoms with E-state index >= 15 is 0 Å². The lowest BCUT2D eigenvalue weighted by Crippen LogP contribution is -2.33. The number of nitrogens with two attached hydrogens (primary N) is 1. The fraction of sp³-hybridized carbons (Fsp3) is 0.500. The standard InChI is InChI=1S/C12H17ClN2O2S/c1-2-7-15(9-3-4-9)18(16,17)10-5-6-11(13)12(14)8-10/h5-6,8-9H,2-4,7,14H2,1H3. The summed E-state index contributed by atoms with van der Waals surface area (Å²) in [5.74, 6) is 0. The molecule has 0 radical (unpaired) electrons. The molecule has 1 aliphatic carbocycles. The minimum atomic E-state index is -3.44. The summed E-state index contributed by atoms with van der Waals surface area (Å²) >= 11 is 5.81. The molecule has 0 spiro atoms. The highest BCUT2D eigenvalue weighted by atomic mass is 35.5. The Morgan fingerprint density at radius 2 is 2.11 bits per heavy atom. The number of rotatable bonds is 5. The summed E-state index contributed by atoms with van der Waals surface area (Å²) < 4.78 is 26.6. The van der Waals surface area contributed by atoms with E-state index in [0.717, 1.165) is 19.3 Å². The number of benzene rings is 1. The third kappa shape index (κ3) is 2.63. The number of nitrogens with zero attached hydrogens (tertiary/aromatic N) is 1. The van der Waals surface area contributed by atoms with E-state index in [4.69, 9.17) is 17.3 Å². The maximum Gasteiger partial charge on any atom is 0.243 e. The molecule has 6 heteroatoms. The highest BCUT2D eigenvalue weighted by Crippen LogP contribution is 2.33. The lowest BCUT2D eigenvalue weighted by molar-refractivity contribution is 0.403. The molecule has 2 N–H and O–H groups in total. The van der Waals surface area contributed by atoms with Crippen molar-refractivity contribution in [1.29, 1.82) is 0 Å². The van der Waals surface area contributed by atoms with E-state index in [1.807, 2.05) is 6.92 Å². The first-order valence-electron chi connectivity index (χ1n) is 6.03. The largest absolute Gasteiger partial charge is 0.397 e. The summed E-state index contributed by atoms with van der Waals surface area (Å²) in [6, 6.07) is 4.63. The summed E-state index contributed by atoms with van der Waals surface area (Å²) in [6.07, 6.45) is 2.70. The van der Waals surface area contributed by atoms with Crippen molar-refractivity contribution in [2.24, 2.45) is 0 Å². The number of hydrogen-bond donors (Lipinski definition) is 1. The predicted molar refractivity (Wildman–Crippen MR) is 73.1 cm³/mol. The van der Waals surface area contributed by atoms with Crippen molar-refractivity contribution >= 4 is 27.3 Å². The summed E-state index contributed by atoms with van der Waals surface area (Å²) in [5.41, 5.74) is 5.96. The molecule has 0 aliphatic heterocycles. The highest BCUT2D eigenvalue weighted by Gasteiger charge is 2.37. The third-order valence-electron chi connectivity index (χ3n) is 2.97. The summed E-state index contributed by atoms with van der Waals surface area (Å²) in [5, 5.41) is 0.377. The molecule has 0 atom stereocenters. The van der Waals surface area contributed by atoms with Crippen LogP contribution in [0.4, 0.5) is 5.69 Å². The number of sulfonamides is 1. The molecule has 0 bridgehead atoms. The van der Waals surface area contributed by atoms with Crippen molar-refractivity contribution in [1.82, 2.24) is 4.31 Å². The topological polar surface area (TPSA) is 63.4 Å². The van der Waals surface area contributed by atoms with Crippen molar-refractivity contribution in [3.63, 3.8) is 0 Å². The molecule has 1 aromatic rings. The molecule has 1 aliphatic rings. The fourth-order valence-electron chi connectivity index (χ4n) is 1.90. The molecule has 1 aromatic carbocycles. The van der Waals surface area contributed by atoms with Crippen LogP contribution in [0.15, 0.2) is 23.1 Å². The summed E-state index contributed by atoms with van der Waals surface area (Å²) in [6.45, 7) is 2.52. The minimum Gasteiger partial charge on any atom is -0.397 e. The molecule has 1 fully saturated rings. The first-order chi connectivity index (χ1) is 8.46. The molecule has 0 amide bonds.